The zero-order chi connectivity index (χ0) is 64.2. The summed E-state index contributed by atoms with van der Waals surface area (Å²) in [5, 5.41) is 0. The van der Waals surface area contributed by atoms with Gasteiger partial charge in [0.2, 0.25) is 16.2 Å². The number of hydrogen-bond donors (Lipinski definition) is 0. The third-order valence-electron chi connectivity index (χ3n) is 14.8. The van der Waals surface area contributed by atoms with Crippen LogP contribution < -0.4 is 0 Å². The highest BCUT2D eigenvalue weighted by Crippen LogP contribution is 2.60. The van der Waals surface area contributed by atoms with Crippen molar-refractivity contribution in [2.75, 3.05) is 18.8 Å². The van der Waals surface area contributed by atoms with Crippen LogP contribution in [-0.4, -0.2) is 55.8 Å². The van der Waals surface area contributed by atoms with Gasteiger partial charge in [0.05, 0.1) is 0 Å². The standard InChI is InChI=1S/C29H22F6S.C19H18F6S.C17H14F6S/c1-19-13-14-22(17-24(19)20-9-5-3-6-10-20)27(28(30,31)32,29(33,34)35)23-15-16-26(36-2)25(18-23)21-11-7-4-8-12-21;1-11-5-6-14(9-12(11)2)17(18(20,21)22,19(23,24)25)15-7-8-16(26-4)13(3)10-15;1-11-3-5-12(6-4-11)15(16(18,19)20,17(21,22)23)13-7-9-14(24-2)10-8-13/h3-18H,1-2H3;5-10H,1-4H3;3-10H,1-2H3. The molecule has 0 saturated carbocycles. The summed E-state index contributed by atoms with van der Waals surface area (Å²) < 4.78 is 256. The Morgan fingerprint density at radius 1 is 0.256 bits per heavy atom. The van der Waals surface area contributed by atoms with Crippen molar-refractivity contribution in [2.45, 2.75) is 103 Å². The fourth-order valence-corrected chi connectivity index (χ4v) is 11.8. The molecule has 8 rings (SSSR count). The smallest absolute Gasteiger partial charge is 0.169 e. The molecule has 8 aromatic rings. The van der Waals surface area contributed by atoms with Crippen molar-refractivity contribution < 1.29 is 79.0 Å². The molecule has 0 aromatic heterocycles. The number of halogens is 18. The average Bonchev–Trinajstić information content (AvgIpc) is 0.770. The first-order chi connectivity index (χ1) is 39.9. The number of hydrogen-bond acceptors (Lipinski definition) is 3. The van der Waals surface area contributed by atoms with Gasteiger partial charge in [-0.25, -0.2) is 0 Å². The first-order valence-corrected chi connectivity index (χ1v) is 29.3. The second-order valence-electron chi connectivity index (χ2n) is 20.0. The van der Waals surface area contributed by atoms with E-state index < -0.39 is 86.7 Å². The van der Waals surface area contributed by atoms with E-state index in [2.05, 4.69) is 0 Å². The molecule has 86 heavy (non-hydrogen) atoms. The van der Waals surface area contributed by atoms with E-state index in [1.807, 2.05) is 0 Å². The Kier molecular flexibility index (Phi) is 20.8. The minimum atomic E-state index is -5.66. The highest BCUT2D eigenvalue weighted by Gasteiger charge is 2.75. The van der Waals surface area contributed by atoms with Crippen molar-refractivity contribution in [2.24, 2.45) is 0 Å². The number of alkyl halides is 18. The molecule has 0 aliphatic heterocycles. The highest BCUT2D eigenvalue weighted by atomic mass is 32.2. The van der Waals surface area contributed by atoms with Crippen molar-refractivity contribution in [3.8, 4) is 22.3 Å². The van der Waals surface area contributed by atoms with E-state index in [1.165, 1.54) is 97.7 Å². The van der Waals surface area contributed by atoms with Crippen LogP contribution in [0.3, 0.4) is 0 Å². The van der Waals surface area contributed by atoms with E-state index in [0.29, 0.717) is 64.8 Å². The maximum atomic E-state index is 14.9. The zero-order valence-corrected chi connectivity index (χ0v) is 49.3. The molecule has 0 fully saturated rings. The fourth-order valence-electron chi connectivity index (χ4n) is 10.2. The monoisotopic (exact) mass is 1270 g/mol. The minimum Gasteiger partial charge on any atom is -0.169 e. The van der Waals surface area contributed by atoms with Gasteiger partial charge in [0, 0.05) is 14.7 Å². The topological polar surface area (TPSA) is 0 Å². The van der Waals surface area contributed by atoms with Crippen LogP contribution in [-0.2, 0) is 16.2 Å². The van der Waals surface area contributed by atoms with Crippen molar-refractivity contribution in [1.82, 2.24) is 0 Å². The maximum absolute atomic E-state index is 14.9. The summed E-state index contributed by atoms with van der Waals surface area (Å²) in [4.78, 5) is 1.80. The predicted octanol–water partition coefficient (Wildman–Crippen LogP) is 22.3. The van der Waals surface area contributed by atoms with Gasteiger partial charge in [-0.05, 0) is 168 Å². The van der Waals surface area contributed by atoms with Crippen LogP contribution in [0.5, 0.6) is 0 Å². The highest BCUT2D eigenvalue weighted by molar-refractivity contribution is 7.99. The largest absolute Gasteiger partial charge is 0.411 e. The van der Waals surface area contributed by atoms with E-state index in [0.717, 1.165) is 72.8 Å². The fraction of sp³-hybridized carbons (Fsp3) is 0.262. The number of rotatable bonds is 11. The lowest BCUT2D eigenvalue weighted by Crippen LogP contribution is -2.54. The molecule has 458 valence electrons. The molecule has 21 heteroatoms. The zero-order valence-electron chi connectivity index (χ0n) is 46.8. The van der Waals surface area contributed by atoms with Gasteiger partial charge in [-0.1, -0.05) is 151 Å². The molecule has 0 N–H and O–H groups in total. The minimum absolute atomic E-state index is 0.314. The van der Waals surface area contributed by atoms with Gasteiger partial charge in [0.1, 0.15) is 0 Å². The molecule has 0 aliphatic rings. The Balaban J connectivity index is 0.000000212. The van der Waals surface area contributed by atoms with Crippen LogP contribution in [0.1, 0.15) is 61.2 Å². The van der Waals surface area contributed by atoms with E-state index in [1.54, 1.807) is 100 Å². The van der Waals surface area contributed by atoms with Crippen LogP contribution in [0.4, 0.5) is 79.0 Å². The molecule has 0 nitrogen and oxygen atoms in total. The molecular weight excluding hydrogens is 1220 g/mol. The molecule has 0 heterocycles. The second-order valence-corrected chi connectivity index (χ2v) is 22.6. The van der Waals surface area contributed by atoms with Crippen LogP contribution in [0.2, 0.25) is 0 Å². The Bertz CT molecular complexity index is 3520. The van der Waals surface area contributed by atoms with Gasteiger partial charge in [-0.3, -0.25) is 0 Å². The summed E-state index contributed by atoms with van der Waals surface area (Å²) in [6.45, 7) is 7.90. The second kappa shape index (κ2) is 26.1. The van der Waals surface area contributed by atoms with Crippen molar-refractivity contribution >= 4 is 35.3 Å². The molecule has 0 saturated heterocycles. The number of thioether (sulfide) groups is 3. The third-order valence-corrected chi connectivity index (χ3v) is 17.2. The van der Waals surface area contributed by atoms with E-state index in [9.17, 15) is 79.0 Å². The summed E-state index contributed by atoms with van der Waals surface area (Å²) in [5.41, 5.74) is -13.2. The summed E-state index contributed by atoms with van der Waals surface area (Å²) in [6.07, 6.45) is -28.4. The van der Waals surface area contributed by atoms with Crippen LogP contribution in [0.25, 0.3) is 22.3 Å². The predicted molar refractivity (Wildman–Crippen MR) is 307 cm³/mol. The lowest BCUT2D eigenvalue weighted by atomic mass is 9.71. The molecular formula is C65H54F18S3. The third kappa shape index (κ3) is 13.2. The Morgan fingerprint density at radius 3 is 0.942 bits per heavy atom. The SMILES string of the molecule is CSc1ccc(C(c2ccc(C)c(-c3ccccc3)c2)(C(F)(F)F)C(F)(F)F)cc1-c1ccccc1.CSc1ccc(C(c2ccc(C)c(C)c2)(C(F)(F)F)C(F)(F)F)cc1C.CSc1ccc(C(c2ccc(C)cc2)(C(F)(F)F)C(F)(F)F)cc1. The molecule has 0 atom stereocenters. The first kappa shape index (κ1) is 68.7. The molecule has 0 spiro atoms. The quantitative estimate of drug-likeness (QED) is 0.0936. The summed E-state index contributed by atoms with van der Waals surface area (Å²) in [6, 6.07) is 38.5. The average molecular weight is 1270 g/mol. The molecule has 0 radical (unpaired) electrons. The molecule has 8 aromatic carbocycles. The lowest BCUT2D eigenvalue weighted by molar-refractivity contribution is -0.290. The van der Waals surface area contributed by atoms with Crippen molar-refractivity contribution in [1.29, 1.82) is 0 Å². The van der Waals surface area contributed by atoms with Crippen LogP contribution in [0, 0.1) is 34.6 Å². The summed E-state index contributed by atoms with van der Waals surface area (Å²) in [5.74, 6) is 0. The van der Waals surface area contributed by atoms with Gasteiger partial charge in [0.25, 0.3) is 0 Å². The van der Waals surface area contributed by atoms with E-state index in [-0.39, 0.29) is 0 Å². The van der Waals surface area contributed by atoms with Crippen molar-refractivity contribution in [3.05, 3.63) is 243 Å². The van der Waals surface area contributed by atoms with Gasteiger partial charge >= 0.3 is 37.1 Å². The van der Waals surface area contributed by atoms with Gasteiger partial charge in [-0.2, -0.15) is 79.0 Å². The first-order valence-electron chi connectivity index (χ1n) is 25.7. The normalized spacial score (nSPS) is 12.9. The molecule has 0 aliphatic carbocycles. The maximum Gasteiger partial charge on any atom is 0.411 e. The number of benzene rings is 8. The van der Waals surface area contributed by atoms with Gasteiger partial charge in [-0.15, -0.1) is 35.3 Å². The Labute approximate surface area is 498 Å². The molecule has 0 amide bonds. The number of aryl methyl sites for hydroxylation is 5. The van der Waals surface area contributed by atoms with Gasteiger partial charge < -0.3 is 0 Å². The van der Waals surface area contributed by atoms with Crippen LogP contribution >= 0.6 is 35.3 Å². The summed E-state index contributed by atoms with van der Waals surface area (Å²) in [7, 11) is 0. The van der Waals surface area contributed by atoms with E-state index >= 15 is 0 Å². The van der Waals surface area contributed by atoms with Crippen molar-refractivity contribution in [3.63, 3.8) is 0 Å². The van der Waals surface area contributed by atoms with Crippen LogP contribution in [0.15, 0.2) is 197 Å². The molecule has 0 unspecified atom stereocenters. The Hall–Kier alpha value is -6.45. The van der Waals surface area contributed by atoms with Gasteiger partial charge in [0.15, 0.2) is 0 Å². The lowest BCUT2D eigenvalue weighted by Gasteiger charge is -2.39. The molecule has 0 bridgehead atoms. The van der Waals surface area contributed by atoms with E-state index in [4.69, 9.17) is 0 Å². The Morgan fingerprint density at radius 2 is 0.570 bits per heavy atom. The summed E-state index contributed by atoms with van der Waals surface area (Å²) >= 11 is 3.77.